The average Bonchev–Trinajstić information content (AvgIpc) is 2.57. The zero-order valence-corrected chi connectivity index (χ0v) is 16.2. The molecule has 2 aromatic rings. The van der Waals surface area contributed by atoms with E-state index in [1.54, 1.807) is 0 Å². The molecule has 0 aliphatic carbocycles. The summed E-state index contributed by atoms with van der Waals surface area (Å²) in [7, 11) is 2.05. The predicted octanol–water partition coefficient (Wildman–Crippen LogP) is 3.23. The summed E-state index contributed by atoms with van der Waals surface area (Å²) in [6.07, 6.45) is 1.84. The first kappa shape index (κ1) is 18.7. The highest BCUT2D eigenvalue weighted by molar-refractivity contribution is 9.10. The fraction of sp³-hybridized carbons (Fsp3) is 0.350. The van der Waals surface area contributed by atoms with Crippen LogP contribution in [-0.2, 0) is 24.2 Å². The first-order valence-corrected chi connectivity index (χ1v) is 9.29. The van der Waals surface area contributed by atoms with E-state index in [-0.39, 0.29) is 5.91 Å². The molecular formula is C20H26BrN2O+. The monoisotopic (exact) mass is 389 g/mol. The lowest BCUT2D eigenvalue weighted by Gasteiger charge is -2.17. The maximum Gasteiger partial charge on any atom is 0.279 e. The lowest BCUT2D eigenvalue weighted by molar-refractivity contribution is -0.885. The van der Waals surface area contributed by atoms with E-state index in [9.17, 15) is 4.79 Å². The van der Waals surface area contributed by atoms with Crippen LogP contribution in [0.3, 0.4) is 0 Å². The van der Waals surface area contributed by atoms with Gasteiger partial charge in [-0.05, 0) is 30.0 Å². The van der Waals surface area contributed by atoms with Gasteiger partial charge in [0.2, 0.25) is 0 Å². The van der Waals surface area contributed by atoms with Gasteiger partial charge in [-0.15, -0.1) is 0 Å². The van der Waals surface area contributed by atoms with Gasteiger partial charge in [0.25, 0.3) is 5.91 Å². The third-order valence-electron chi connectivity index (χ3n) is 4.18. The number of carbonyl (C=O) groups excluding carboxylic acids is 1. The van der Waals surface area contributed by atoms with Crippen LogP contribution in [0.4, 0.5) is 5.69 Å². The number of halogens is 1. The fourth-order valence-electron chi connectivity index (χ4n) is 2.89. The van der Waals surface area contributed by atoms with Crippen molar-refractivity contribution >= 4 is 27.5 Å². The number of quaternary nitrogens is 1. The van der Waals surface area contributed by atoms with E-state index in [0.717, 1.165) is 34.4 Å². The lowest BCUT2D eigenvalue weighted by Crippen LogP contribution is -3.08. The SMILES string of the molecule is CCc1cccc(CC)c1NC(=O)C[NH+](C)Cc1ccccc1Br. The molecule has 0 heterocycles. The van der Waals surface area contributed by atoms with Crippen LogP contribution in [0.2, 0.25) is 0 Å². The van der Waals surface area contributed by atoms with E-state index in [1.807, 2.05) is 25.2 Å². The second-order valence-corrected chi connectivity index (χ2v) is 6.96. The Morgan fingerprint density at radius 3 is 2.17 bits per heavy atom. The normalized spacial score (nSPS) is 12.0. The highest BCUT2D eigenvalue weighted by Crippen LogP contribution is 2.22. The molecule has 1 atom stereocenters. The Labute approximate surface area is 153 Å². The predicted molar refractivity (Wildman–Crippen MR) is 103 cm³/mol. The zero-order valence-electron chi connectivity index (χ0n) is 14.7. The number of hydrogen-bond donors (Lipinski definition) is 2. The van der Waals surface area contributed by atoms with Gasteiger partial charge in [-0.1, -0.05) is 66.2 Å². The minimum absolute atomic E-state index is 0.0650. The number of benzene rings is 2. The van der Waals surface area contributed by atoms with E-state index < -0.39 is 0 Å². The average molecular weight is 390 g/mol. The van der Waals surface area contributed by atoms with Gasteiger partial charge in [0, 0.05) is 15.7 Å². The van der Waals surface area contributed by atoms with Crippen molar-refractivity contribution in [2.45, 2.75) is 33.2 Å². The van der Waals surface area contributed by atoms with Crippen LogP contribution in [0.5, 0.6) is 0 Å². The van der Waals surface area contributed by atoms with E-state index in [0.29, 0.717) is 6.54 Å². The molecule has 128 valence electrons. The molecule has 0 aliphatic rings. The number of anilines is 1. The highest BCUT2D eigenvalue weighted by atomic mass is 79.9. The van der Waals surface area contributed by atoms with Crippen molar-refractivity contribution in [1.29, 1.82) is 0 Å². The summed E-state index contributed by atoms with van der Waals surface area (Å²) in [5.41, 5.74) is 4.62. The topological polar surface area (TPSA) is 33.5 Å². The molecule has 0 saturated carbocycles. The largest absolute Gasteiger partial charge is 0.326 e. The van der Waals surface area contributed by atoms with Crippen LogP contribution in [-0.4, -0.2) is 19.5 Å². The molecule has 2 N–H and O–H groups in total. The summed E-state index contributed by atoms with van der Waals surface area (Å²) < 4.78 is 1.09. The molecule has 0 radical (unpaired) electrons. The summed E-state index contributed by atoms with van der Waals surface area (Å²) in [5, 5.41) is 3.14. The molecule has 0 bridgehead atoms. The quantitative estimate of drug-likeness (QED) is 0.748. The van der Waals surface area contributed by atoms with Crippen molar-refractivity contribution in [3.63, 3.8) is 0 Å². The number of amides is 1. The number of nitrogens with one attached hydrogen (secondary N) is 2. The summed E-state index contributed by atoms with van der Waals surface area (Å²) in [6.45, 7) is 5.50. The number of carbonyl (C=O) groups is 1. The van der Waals surface area contributed by atoms with E-state index in [4.69, 9.17) is 0 Å². The Hall–Kier alpha value is -1.65. The molecule has 0 saturated heterocycles. The summed E-state index contributed by atoms with van der Waals surface area (Å²) in [6, 6.07) is 14.4. The molecule has 4 heteroatoms. The van der Waals surface area contributed by atoms with E-state index in [1.165, 1.54) is 16.7 Å². The smallest absolute Gasteiger partial charge is 0.279 e. The molecule has 0 fully saturated rings. The van der Waals surface area contributed by atoms with Crippen LogP contribution in [0, 0.1) is 0 Å². The van der Waals surface area contributed by atoms with Crippen LogP contribution in [0.15, 0.2) is 46.9 Å². The van der Waals surface area contributed by atoms with Gasteiger partial charge in [-0.25, -0.2) is 0 Å². The van der Waals surface area contributed by atoms with Crippen LogP contribution in [0.1, 0.15) is 30.5 Å². The maximum absolute atomic E-state index is 12.5. The summed E-state index contributed by atoms with van der Waals surface area (Å²) in [4.78, 5) is 13.6. The second-order valence-electron chi connectivity index (χ2n) is 6.11. The summed E-state index contributed by atoms with van der Waals surface area (Å²) >= 11 is 3.57. The molecule has 3 nitrogen and oxygen atoms in total. The Balaban J connectivity index is 2.02. The molecule has 2 rings (SSSR count). The van der Waals surface area contributed by atoms with Crippen LogP contribution >= 0.6 is 15.9 Å². The minimum Gasteiger partial charge on any atom is -0.326 e. The first-order chi connectivity index (χ1) is 11.5. The first-order valence-electron chi connectivity index (χ1n) is 8.50. The fourth-order valence-corrected chi connectivity index (χ4v) is 3.32. The number of likely N-dealkylation sites (N-methyl/N-ethyl adjacent to an activating group) is 1. The highest BCUT2D eigenvalue weighted by Gasteiger charge is 2.15. The van der Waals surface area contributed by atoms with Crippen LogP contribution in [0.25, 0.3) is 0 Å². The summed E-state index contributed by atoms with van der Waals surface area (Å²) in [5.74, 6) is 0.0650. The molecule has 0 aromatic heterocycles. The van der Waals surface area contributed by atoms with Crippen LogP contribution < -0.4 is 10.2 Å². The van der Waals surface area contributed by atoms with Crippen molar-refractivity contribution in [2.24, 2.45) is 0 Å². The Morgan fingerprint density at radius 2 is 1.58 bits per heavy atom. The zero-order chi connectivity index (χ0) is 17.5. The Morgan fingerprint density at radius 1 is 1.00 bits per heavy atom. The molecule has 0 spiro atoms. The van der Waals surface area contributed by atoms with Gasteiger partial charge in [-0.2, -0.15) is 0 Å². The van der Waals surface area contributed by atoms with Crippen molar-refractivity contribution in [1.82, 2.24) is 0 Å². The molecule has 1 amide bonds. The molecule has 0 aliphatic heterocycles. The van der Waals surface area contributed by atoms with Gasteiger partial charge in [0.1, 0.15) is 6.54 Å². The van der Waals surface area contributed by atoms with Gasteiger partial charge >= 0.3 is 0 Å². The minimum atomic E-state index is 0.0650. The van der Waals surface area contributed by atoms with Gasteiger partial charge in [0.05, 0.1) is 7.05 Å². The van der Waals surface area contributed by atoms with Crippen molar-refractivity contribution in [3.8, 4) is 0 Å². The van der Waals surface area contributed by atoms with E-state index in [2.05, 4.69) is 59.4 Å². The number of hydrogen-bond acceptors (Lipinski definition) is 1. The standard InChI is InChI=1S/C20H25BrN2O/c1-4-15-10-8-11-16(5-2)20(15)22-19(24)14-23(3)13-17-9-6-7-12-18(17)21/h6-12H,4-5,13-14H2,1-3H3,(H,22,24)/p+1. The molecule has 2 aromatic carbocycles. The van der Waals surface area contributed by atoms with E-state index >= 15 is 0 Å². The lowest BCUT2D eigenvalue weighted by atomic mass is 10.0. The van der Waals surface area contributed by atoms with Crippen molar-refractivity contribution < 1.29 is 9.69 Å². The van der Waals surface area contributed by atoms with Crippen molar-refractivity contribution in [2.75, 3.05) is 18.9 Å². The second kappa shape index (κ2) is 9.00. The third kappa shape index (κ3) is 4.92. The molecule has 1 unspecified atom stereocenters. The third-order valence-corrected chi connectivity index (χ3v) is 4.95. The Kier molecular flexibility index (Phi) is 7.00. The van der Waals surface area contributed by atoms with Gasteiger partial charge < -0.3 is 10.2 Å². The maximum atomic E-state index is 12.5. The number of rotatable bonds is 7. The molecule has 24 heavy (non-hydrogen) atoms. The Bertz CT molecular complexity index is 678. The number of para-hydroxylation sites is 1. The molecular weight excluding hydrogens is 364 g/mol. The number of aryl methyl sites for hydroxylation is 2. The van der Waals surface area contributed by atoms with Crippen molar-refractivity contribution in [3.05, 3.63) is 63.6 Å². The van der Waals surface area contributed by atoms with Gasteiger partial charge in [0.15, 0.2) is 6.54 Å². The van der Waals surface area contributed by atoms with Gasteiger partial charge in [-0.3, -0.25) is 4.79 Å².